The van der Waals surface area contributed by atoms with Gasteiger partial charge in [0.2, 0.25) is 5.91 Å². The molecule has 27 heavy (non-hydrogen) atoms. The first-order chi connectivity index (χ1) is 13.1. The van der Waals surface area contributed by atoms with Crippen molar-refractivity contribution in [3.63, 3.8) is 0 Å². The molecule has 1 unspecified atom stereocenters. The van der Waals surface area contributed by atoms with Crippen LogP contribution in [0.5, 0.6) is 5.75 Å². The zero-order valence-corrected chi connectivity index (χ0v) is 16.4. The van der Waals surface area contributed by atoms with Gasteiger partial charge in [-0.05, 0) is 63.1 Å². The van der Waals surface area contributed by atoms with Crippen LogP contribution in [0.4, 0.5) is 0 Å². The number of carbonyl (C=O) groups excluding carboxylic acids is 1. The van der Waals surface area contributed by atoms with Gasteiger partial charge in [0.15, 0.2) is 0 Å². The van der Waals surface area contributed by atoms with Gasteiger partial charge in [-0.1, -0.05) is 12.1 Å². The monoisotopic (exact) mass is 367 g/mol. The zero-order valence-electron chi connectivity index (χ0n) is 16.4. The van der Waals surface area contributed by atoms with E-state index in [1.807, 2.05) is 31.5 Å². The molecule has 0 spiro atoms. The number of likely N-dealkylation sites (tertiary alicyclic amines) is 1. The number of aromatic nitrogens is 2. The van der Waals surface area contributed by atoms with Crippen molar-refractivity contribution < 1.29 is 9.53 Å². The third kappa shape index (κ3) is 3.47. The van der Waals surface area contributed by atoms with Gasteiger partial charge >= 0.3 is 0 Å². The molecular weight excluding hydrogens is 338 g/mol. The number of benzene rings is 1. The maximum Gasteiger partial charge on any atom is 0.233 e. The number of piperidine rings is 1. The predicted molar refractivity (Wildman–Crippen MR) is 105 cm³/mol. The van der Waals surface area contributed by atoms with Crippen LogP contribution in [-0.2, 0) is 16.8 Å². The second-order valence-corrected chi connectivity index (χ2v) is 7.92. The molecule has 1 aromatic carbocycles. The first kappa shape index (κ1) is 18.1. The highest BCUT2D eigenvalue weighted by molar-refractivity contribution is 5.91. The lowest BCUT2D eigenvalue weighted by atomic mass is 9.90. The number of ether oxygens (including phenoxy) is 1. The molecule has 1 aliphatic carbocycles. The molecule has 5 heteroatoms. The van der Waals surface area contributed by atoms with Gasteiger partial charge in [-0.25, -0.2) is 4.98 Å². The molecule has 5 nitrogen and oxygen atoms in total. The van der Waals surface area contributed by atoms with Gasteiger partial charge in [0, 0.05) is 31.5 Å². The largest absolute Gasteiger partial charge is 0.497 e. The van der Waals surface area contributed by atoms with Crippen LogP contribution in [0.1, 0.15) is 49.9 Å². The lowest BCUT2D eigenvalue weighted by Gasteiger charge is -2.38. The molecule has 1 aliphatic heterocycles. The number of imidazole rings is 1. The van der Waals surface area contributed by atoms with E-state index < -0.39 is 0 Å². The Bertz CT molecular complexity index is 792. The van der Waals surface area contributed by atoms with Gasteiger partial charge in [-0.15, -0.1) is 0 Å². The Hall–Kier alpha value is -2.30. The highest BCUT2D eigenvalue weighted by atomic mass is 16.5. The average molecular weight is 367 g/mol. The summed E-state index contributed by atoms with van der Waals surface area (Å²) in [6.07, 6.45) is 10.2. The molecule has 1 aromatic heterocycles. The van der Waals surface area contributed by atoms with E-state index in [0.717, 1.165) is 62.3 Å². The molecule has 1 amide bonds. The third-order valence-corrected chi connectivity index (χ3v) is 6.32. The van der Waals surface area contributed by atoms with Crippen LogP contribution in [0.15, 0.2) is 36.7 Å². The van der Waals surface area contributed by atoms with Crippen LogP contribution in [0, 0.1) is 6.92 Å². The molecule has 2 aliphatic rings. The number of amides is 1. The fraction of sp³-hybridized carbons (Fsp3) is 0.545. The lowest BCUT2D eigenvalue weighted by Crippen LogP contribution is -2.48. The summed E-state index contributed by atoms with van der Waals surface area (Å²) in [5.41, 5.74) is 0.843. The Morgan fingerprint density at radius 1 is 1.26 bits per heavy atom. The summed E-state index contributed by atoms with van der Waals surface area (Å²) in [6.45, 7) is 3.85. The number of methoxy groups -OCH3 is 1. The molecule has 0 bridgehead atoms. The molecular formula is C22H29N3O2. The minimum absolute atomic E-state index is 0.299. The topological polar surface area (TPSA) is 47.4 Å². The van der Waals surface area contributed by atoms with E-state index in [1.165, 1.54) is 6.42 Å². The van der Waals surface area contributed by atoms with E-state index in [4.69, 9.17) is 4.74 Å². The second-order valence-electron chi connectivity index (χ2n) is 7.92. The highest BCUT2D eigenvalue weighted by Gasteiger charge is 2.53. The minimum atomic E-state index is -0.299. The fourth-order valence-corrected chi connectivity index (χ4v) is 4.43. The van der Waals surface area contributed by atoms with Gasteiger partial charge in [0.1, 0.15) is 11.6 Å². The number of rotatable bonds is 6. The van der Waals surface area contributed by atoms with Crippen molar-refractivity contribution in [3.05, 3.63) is 48.0 Å². The Morgan fingerprint density at radius 2 is 2.04 bits per heavy atom. The molecule has 0 N–H and O–H groups in total. The van der Waals surface area contributed by atoms with Crippen molar-refractivity contribution in [2.75, 3.05) is 13.7 Å². The summed E-state index contributed by atoms with van der Waals surface area (Å²) in [5, 5.41) is 0. The van der Waals surface area contributed by atoms with Crippen LogP contribution in [0.3, 0.4) is 0 Å². The van der Waals surface area contributed by atoms with Crippen LogP contribution in [0.25, 0.3) is 0 Å². The summed E-state index contributed by atoms with van der Waals surface area (Å²) in [4.78, 5) is 20.0. The lowest BCUT2D eigenvalue weighted by molar-refractivity contribution is -0.138. The number of hydrogen-bond acceptors (Lipinski definition) is 3. The van der Waals surface area contributed by atoms with Crippen molar-refractivity contribution in [2.24, 2.45) is 0 Å². The second kappa shape index (κ2) is 7.37. The van der Waals surface area contributed by atoms with Crippen molar-refractivity contribution in [2.45, 2.75) is 63.5 Å². The van der Waals surface area contributed by atoms with Gasteiger partial charge in [0.05, 0.1) is 12.5 Å². The Labute approximate surface area is 161 Å². The van der Waals surface area contributed by atoms with Crippen molar-refractivity contribution in [3.8, 4) is 5.75 Å². The van der Waals surface area contributed by atoms with Crippen LogP contribution < -0.4 is 4.74 Å². The molecule has 2 aromatic rings. The SMILES string of the molecule is COc1ccc(C2(C(=O)N3CCCCC3CCn3ccnc3C)CC2)cc1. The highest BCUT2D eigenvalue weighted by Crippen LogP contribution is 2.50. The van der Waals surface area contributed by atoms with Gasteiger partial charge in [-0.2, -0.15) is 0 Å². The molecule has 2 fully saturated rings. The van der Waals surface area contributed by atoms with E-state index in [9.17, 15) is 4.79 Å². The van der Waals surface area contributed by atoms with Gasteiger partial charge in [0.25, 0.3) is 0 Å². The summed E-state index contributed by atoms with van der Waals surface area (Å²) in [7, 11) is 1.67. The quantitative estimate of drug-likeness (QED) is 0.782. The molecule has 144 valence electrons. The summed E-state index contributed by atoms with van der Waals surface area (Å²) < 4.78 is 7.46. The molecule has 1 atom stereocenters. The van der Waals surface area contributed by atoms with E-state index in [-0.39, 0.29) is 5.41 Å². The van der Waals surface area contributed by atoms with Gasteiger partial charge < -0.3 is 14.2 Å². The minimum Gasteiger partial charge on any atom is -0.497 e. The van der Waals surface area contributed by atoms with E-state index >= 15 is 0 Å². The van der Waals surface area contributed by atoms with Crippen LogP contribution in [0.2, 0.25) is 0 Å². The van der Waals surface area contributed by atoms with E-state index in [2.05, 4.69) is 26.6 Å². The standard InChI is InChI=1S/C22H29N3O2/c1-17-23-13-16-24(17)15-10-19-5-3-4-14-25(19)21(26)22(11-12-22)18-6-8-20(27-2)9-7-18/h6-9,13,16,19H,3-5,10-12,14-15H2,1-2H3. The van der Waals surface area contributed by atoms with Crippen LogP contribution in [-0.4, -0.2) is 40.1 Å². The number of hydrogen-bond donors (Lipinski definition) is 0. The molecule has 4 rings (SSSR count). The maximum absolute atomic E-state index is 13.6. The fourth-order valence-electron chi connectivity index (χ4n) is 4.43. The zero-order chi connectivity index (χ0) is 18.9. The smallest absolute Gasteiger partial charge is 0.233 e. The Kier molecular flexibility index (Phi) is 4.94. The summed E-state index contributed by atoms with van der Waals surface area (Å²) in [5.74, 6) is 2.22. The maximum atomic E-state index is 13.6. The molecule has 1 saturated heterocycles. The summed E-state index contributed by atoms with van der Waals surface area (Å²) >= 11 is 0. The number of carbonyl (C=O) groups is 1. The first-order valence-corrected chi connectivity index (χ1v) is 10.1. The van der Waals surface area contributed by atoms with Crippen molar-refractivity contribution in [1.29, 1.82) is 0 Å². The van der Waals surface area contributed by atoms with Crippen LogP contribution >= 0.6 is 0 Å². The molecule has 0 radical (unpaired) electrons. The molecule has 2 heterocycles. The summed E-state index contributed by atoms with van der Waals surface area (Å²) in [6, 6.07) is 8.41. The van der Waals surface area contributed by atoms with Gasteiger partial charge in [-0.3, -0.25) is 4.79 Å². The molecule has 1 saturated carbocycles. The number of aryl methyl sites for hydroxylation is 2. The van der Waals surface area contributed by atoms with Crippen molar-refractivity contribution in [1.82, 2.24) is 14.5 Å². The number of nitrogens with zero attached hydrogens (tertiary/aromatic N) is 3. The average Bonchev–Trinajstić information content (AvgIpc) is 3.42. The van der Waals surface area contributed by atoms with Crippen molar-refractivity contribution >= 4 is 5.91 Å². The third-order valence-electron chi connectivity index (χ3n) is 6.32. The Balaban J connectivity index is 1.49. The Morgan fingerprint density at radius 3 is 2.67 bits per heavy atom. The van der Waals surface area contributed by atoms with E-state index in [0.29, 0.717) is 11.9 Å². The predicted octanol–water partition coefficient (Wildman–Crippen LogP) is 3.70. The first-order valence-electron chi connectivity index (χ1n) is 10.1. The normalized spacial score (nSPS) is 21.1. The van der Waals surface area contributed by atoms with E-state index in [1.54, 1.807) is 7.11 Å².